The molecule has 0 aromatic rings. The van der Waals surface area contributed by atoms with E-state index in [1.807, 2.05) is 60.3 Å². The number of carbonyl (C=O) groups excluding carboxylic acids is 10. The third-order valence-electron chi connectivity index (χ3n) is 13.6. The minimum atomic E-state index is -1.18. The third-order valence-corrected chi connectivity index (χ3v) is 13.6. The molecule has 0 heterocycles. The fourth-order valence-corrected chi connectivity index (χ4v) is 9.04. The lowest BCUT2D eigenvalue weighted by molar-refractivity contribution is -0.154. The van der Waals surface area contributed by atoms with Crippen LogP contribution in [0.15, 0.2) is 0 Å². The van der Waals surface area contributed by atoms with Crippen molar-refractivity contribution in [3.63, 3.8) is 0 Å². The molecular weight excluding hydrogens is 979 g/mol. The highest BCUT2D eigenvalue weighted by molar-refractivity contribution is 5.97. The van der Waals surface area contributed by atoms with E-state index in [1.165, 1.54) is 71.4 Å². The molecule has 0 aromatic heterocycles. The maximum atomic E-state index is 14.5. The molecular formula is C54H101N11O11. The van der Waals surface area contributed by atoms with Gasteiger partial charge in [-0.15, -0.1) is 0 Å². The molecule has 22 nitrogen and oxygen atoms in total. The molecule has 0 aliphatic rings. The number of nitrogens with zero attached hydrogens (tertiary/aromatic N) is 7. The van der Waals surface area contributed by atoms with Gasteiger partial charge in [-0.25, -0.2) is 0 Å². The summed E-state index contributed by atoms with van der Waals surface area (Å²) in [5.74, 6) is -5.05. The molecule has 438 valence electrons. The molecule has 10 amide bonds. The van der Waals surface area contributed by atoms with Crippen LogP contribution < -0.4 is 21.3 Å². The van der Waals surface area contributed by atoms with Crippen molar-refractivity contribution in [1.82, 2.24) is 55.6 Å². The summed E-state index contributed by atoms with van der Waals surface area (Å²) in [6, 6.07) is -8.42. The molecule has 5 N–H and O–H groups in total. The van der Waals surface area contributed by atoms with Gasteiger partial charge < -0.3 is 55.8 Å². The molecule has 0 fully saturated rings. The molecule has 0 bridgehead atoms. The van der Waals surface area contributed by atoms with Crippen LogP contribution in [-0.2, 0) is 47.9 Å². The van der Waals surface area contributed by atoms with Gasteiger partial charge in [0, 0.05) is 61.9 Å². The number of carbonyl (C=O) groups is 10. The highest BCUT2D eigenvalue weighted by atomic mass is 16.3. The van der Waals surface area contributed by atoms with Gasteiger partial charge in [-0.2, -0.15) is 0 Å². The molecule has 0 aromatic carbocycles. The lowest BCUT2D eigenvalue weighted by Gasteiger charge is -2.39. The van der Waals surface area contributed by atoms with Crippen molar-refractivity contribution >= 4 is 59.6 Å². The van der Waals surface area contributed by atoms with E-state index in [0.717, 1.165) is 0 Å². The van der Waals surface area contributed by atoms with Crippen molar-refractivity contribution in [2.24, 2.45) is 29.6 Å². The van der Waals surface area contributed by atoms with Gasteiger partial charge in [-0.1, -0.05) is 76.2 Å². The smallest absolute Gasteiger partial charge is 0.247 e. The lowest BCUT2D eigenvalue weighted by atomic mass is 9.97. The average Bonchev–Trinajstić information content (AvgIpc) is 3.31. The highest BCUT2D eigenvalue weighted by Gasteiger charge is 2.41. The molecule has 0 aliphatic heterocycles. The first-order valence-electron chi connectivity index (χ1n) is 27.0. The van der Waals surface area contributed by atoms with E-state index in [-0.39, 0.29) is 55.5 Å². The molecule has 0 aliphatic carbocycles. The summed E-state index contributed by atoms with van der Waals surface area (Å²) in [5, 5.41) is 21.6. The van der Waals surface area contributed by atoms with E-state index in [1.54, 1.807) is 55.9 Å². The van der Waals surface area contributed by atoms with Gasteiger partial charge in [0.15, 0.2) is 0 Å². The Hall–Kier alpha value is -5.38. The van der Waals surface area contributed by atoms with E-state index in [4.69, 9.17) is 0 Å². The van der Waals surface area contributed by atoms with Crippen LogP contribution in [0.4, 0.5) is 0 Å². The summed E-state index contributed by atoms with van der Waals surface area (Å²) in [5.41, 5.74) is 0. The van der Waals surface area contributed by atoms with Gasteiger partial charge in [0.25, 0.3) is 0 Å². The fourth-order valence-electron chi connectivity index (χ4n) is 9.04. The molecule has 10 atom stereocenters. The second kappa shape index (κ2) is 33.0. The Kier molecular flexibility index (Phi) is 30.7. The van der Waals surface area contributed by atoms with Crippen LogP contribution in [0.3, 0.4) is 0 Å². The van der Waals surface area contributed by atoms with Crippen LogP contribution in [0.25, 0.3) is 0 Å². The minimum Gasteiger partial charge on any atom is -0.391 e. The number of rotatable bonds is 33. The Labute approximate surface area is 455 Å². The topological polar surface area (TPSA) is 262 Å². The van der Waals surface area contributed by atoms with E-state index in [2.05, 4.69) is 21.3 Å². The van der Waals surface area contributed by atoms with Crippen LogP contribution in [-0.4, -0.2) is 229 Å². The van der Waals surface area contributed by atoms with Crippen LogP contribution in [0.1, 0.15) is 129 Å². The van der Waals surface area contributed by atoms with Gasteiger partial charge in [0.1, 0.15) is 42.3 Å². The number of hydrogen-bond acceptors (Lipinski definition) is 12. The van der Waals surface area contributed by atoms with Gasteiger partial charge >= 0.3 is 0 Å². The van der Waals surface area contributed by atoms with E-state index >= 15 is 0 Å². The Morgan fingerprint density at radius 2 is 0.934 bits per heavy atom. The fraction of sp³-hybridized carbons (Fsp3) is 0.815. The van der Waals surface area contributed by atoms with E-state index in [0.29, 0.717) is 25.7 Å². The molecule has 76 heavy (non-hydrogen) atoms. The van der Waals surface area contributed by atoms with Gasteiger partial charge in [0.05, 0.1) is 18.7 Å². The van der Waals surface area contributed by atoms with Crippen LogP contribution in [0.5, 0.6) is 0 Å². The first kappa shape index (κ1) is 70.6. The second-order valence-corrected chi connectivity index (χ2v) is 23.1. The monoisotopic (exact) mass is 1080 g/mol. The normalized spacial score (nSPS) is 15.6. The quantitative estimate of drug-likeness (QED) is 0.0585. The zero-order chi connectivity index (χ0) is 59.4. The molecule has 0 saturated carbocycles. The summed E-state index contributed by atoms with van der Waals surface area (Å²) < 4.78 is 0. The Morgan fingerprint density at radius 3 is 1.37 bits per heavy atom. The van der Waals surface area contributed by atoms with Crippen LogP contribution in [0.2, 0.25) is 0 Å². The lowest BCUT2D eigenvalue weighted by Crippen LogP contribution is -2.60. The number of amides is 10. The van der Waals surface area contributed by atoms with Crippen molar-refractivity contribution in [1.29, 1.82) is 0 Å². The van der Waals surface area contributed by atoms with Crippen LogP contribution >= 0.6 is 0 Å². The predicted molar refractivity (Wildman–Crippen MR) is 294 cm³/mol. The molecule has 0 saturated heterocycles. The van der Waals surface area contributed by atoms with Gasteiger partial charge in [-0.3, -0.25) is 52.8 Å². The minimum absolute atomic E-state index is 0.00817. The molecule has 0 radical (unpaired) electrons. The molecule has 22 heteroatoms. The largest absolute Gasteiger partial charge is 0.391 e. The Balaban J connectivity index is 6.40. The number of nitrogens with one attached hydrogen (secondary N) is 4. The van der Waals surface area contributed by atoms with Crippen molar-refractivity contribution in [3.05, 3.63) is 0 Å². The molecule has 1 unspecified atom stereocenters. The SMILES string of the molecule is CC[C@H](NC=O)C(=O)N(C)CC(=O)N(C)[C@@H](CC(C)C)C(=O)N[C@H](C(=O)N(C)[C@@H](CC(C)C)C(=O)N[C@@H](C)C(=O)N[C@H](C)CN(C)[C@@H](CC(C)C)C(=O)N(C)[C@@H](CC(C)C)C(=O)N(C)[C@H](C(=O)N(C)C)C(C)O)C(C)C. The van der Waals surface area contributed by atoms with Crippen molar-refractivity contribution in [3.8, 4) is 0 Å². The second-order valence-electron chi connectivity index (χ2n) is 23.1. The number of hydrogen-bond donors (Lipinski definition) is 5. The standard InChI is InChI=1S/C54H101N11O11/c1-23-39(55-30-66)50(72)61(18)29-44(68)62(19)40(24-31(2)3)49(71)58-45(35(10)11)53(75)63(20)41(25-32(4)5)48(70)57-37(13)47(69)56-36(12)28-60(17)42(26-33(6)7)51(73)64(21)43(27-34(8)9)52(74)65(22)46(38(14)67)54(76)59(15)16/h30-43,45-46,67H,23-29H2,1-22H3,(H,55,66)(H,56,69)(H,57,70)(H,58,71)/t36-,37+,38?,39+,40+,41+,42+,43+,45+,46+/m1/s1. The third kappa shape index (κ3) is 21.9. The Morgan fingerprint density at radius 1 is 0.500 bits per heavy atom. The number of likely N-dealkylation sites (N-methyl/N-ethyl adjacent to an activating group) is 7. The van der Waals surface area contributed by atoms with E-state index < -0.39 is 114 Å². The van der Waals surface area contributed by atoms with Crippen LogP contribution in [0, 0.1) is 29.6 Å². The van der Waals surface area contributed by atoms with E-state index in [9.17, 15) is 53.1 Å². The first-order valence-corrected chi connectivity index (χ1v) is 27.0. The Bertz CT molecular complexity index is 1930. The number of aliphatic hydroxyl groups excluding tert-OH is 1. The first-order chi connectivity index (χ1) is 35.0. The van der Waals surface area contributed by atoms with Gasteiger partial charge in [-0.05, 0) is 89.5 Å². The molecule has 0 spiro atoms. The zero-order valence-electron chi connectivity index (χ0n) is 50.3. The summed E-state index contributed by atoms with van der Waals surface area (Å²) >= 11 is 0. The number of aliphatic hydroxyl groups is 1. The predicted octanol–water partition coefficient (Wildman–Crippen LogP) is 1.38. The summed E-state index contributed by atoms with van der Waals surface area (Å²) in [7, 11) is 12.2. The van der Waals surface area contributed by atoms with Gasteiger partial charge in [0.2, 0.25) is 59.6 Å². The van der Waals surface area contributed by atoms with Crippen molar-refractivity contribution in [2.75, 3.05) is 69.5 Å². The zero-order valence-corrected chi connectivity index (χ0v) is 50.3. The maximum absolute atomic E-state index is 14.5. The average molecular weight is 1080 g/mol. The molecule has 0 rings (SSSR count). The summed E-state index contributed by atoms with van der Waals surface area (Å²) in [6.45, 7) is 25.2. The van der Waals surface area contributed by atoms with Crippen molar-refractivity contribution in [2.45, 2.75) is 190 Å². The van der Waals surface area contributed by atoms with Crippen molar-refractivity contribution < 1.29 is 53.1 Å². The summed E-state index contributed by atoms with van der Waals surface area (Å²) in [4.78, 5) is 145. The maximum Gasteiger partial charge on any atom is 0.247 e. The highest BCUT2D eigenvalue weighted by Crippen LogP contribution is 2.22. The summed E-state index contributed by atoms with van der Waals surface area (Å²) in [6.07, 6.45) is 0.733.